The van der Waals surface area contributed by atoms with Crippen molar-refractivity contribution in [3.63, 3.8) is 0 Å². The third-order valence-electron chi connectivity index (χ3n) is 6.22. The van der Waals surface area contributed by atoms with E-state index < -0.39 is 29.6 Å². The molecule has 0 fully saturated rings. The molecule has 0 N–H and O–H groups in total. The van der Waals surface area contributed by atoms with Crippen molar-refractivity contribution in [2.24, 2.45) is 5.41 Å². The molecule has 3 aliphatic rings. The van der Waals surface area contributed by atoms with Gasteiger partial charge in [0.1, 0.15) is 18.0 Å². The molecule has 164 valence electrons. The summed E-state index contributed by atoms with van der Waals surface area (Å²) in [7, 11) is 0. The minimum atomic E-state index is -0.840. The van der Waals surface area contributed by atoms with Crippen LogP contribution < -0.4 is 0 Å². The number of ether oxygens (including phenoxy) is 3. The summed E-state index contributed by atoms with van der Waals surface area (Å²) in [6.07, 6.45) is 5.56. The molecule has 0 spiro atoms. The second-order valence-corrected chi connectivity index (χ2v) is 8.22. The fraction of sp³-hybridized carbons (Fsp3) is 0.292. The van der Waals surface area contributed by atoms with Gasteiger partial charge in [-0.1, -0.05) is 13.0 Å². The van der Waals surface area contributed by atoms with Crippen LogP contribution in [-0.4, -0.2) is 30.1 Å². The van der Waals surface area contributed by atoms with Gasteiger partial charge in [0.25, 0.3) is 0 Å². The van der Waals surface area contributed by atoms with Crippen molar-refractivity contribution < 1.29 is 37.4 Å². The topological polar surface area (TPSA) is 105 Å². The summed E-state index contributed by atoms with van der Waals surface area (Å²) in [4.78, 5) is 37.5. The summed E-state index contributed by atoms with van der Waals surface area (Å²) in [5.41, 5.74) is 1.36. The van der Waals surface area contributed by atoms with Crippen molar-refractivity contribution >= 4 is 17.9 Å². The zero-order chi connectivity index (χ0) is 22.5. The molecule has 2 aliphatic carbocycles. The highest BCUT2D eigenvalue weighted by molar-refractivity contribution is 5.94. The fourth-order valence-electron chi connectivity index (χ4n) is 4.47. The summed E-state index contributed by atoms with van der Waals surface area (Å²) in [5.74, 6) is -1.10. The van der Waals surface area contributed by atoms with Crippen molar-refractivity contribution in [2.75, 3.05) is 0 Å². The van der Waals surface area contributed by atoms with Gasteiger partial charge in [-0.05, 0) is 49.3 Å². The Morgan fingerprint density at radius 3 is 2.34 bits per heavy atom. The Kier molecular flexibility index (Phi) is 4.65. The highest BCUT2D eigenvalue weighted by Gasteiger charge is 2.52. The van der Waals surface area contributed by atoms with Gasteiger partial charge in [-0.25, -0.2) is 14.4 Å². The highest BCUT2D eigenvalue weighted by Crippen LogP contribution is 2.52. The van der Waals surface area contributed by atoms with Gasteiger partial charge in [0.2, 0.25) is 11.5 Å². The van der Waals surface area contributed by atoms with Crippen LogP contribution in [0.3, 0.4) is 0 Å². The van der Waals surface area contributed by atoms with E-state index >= 15 is 0 Å². The smallest absolute Gasteiger partial charge is 0.374 e. The van der Waals surface area contributed by atoms with Crippen LogP contribution in [0.1, 0.15) is 47.8 Å². The largest absolute Gasteiger partial charge is 0.457 e. The molecule has 0 amide bonds. The van der Waals surface area contributed by atoms with Crippen LogP contribution in [0, 0.1) is 5.41 Å². The molecule has 8 heteroatoms. The summed E-state index contributed by atoms with van der Waals surface area (Å²) >= 11 is 0. The molecule has 3 atom stereocenters. The lowest BCUT2D eigenvalue weighted by atomic mass is 9.64. The average Bonchev–Trinajstić information content (AvgIpc) is 3.53. The molecule has 0 unspecified atom stereocenters. The molecule has 0 saturated heterocycles. The van der Waals surface area contributed by atoms with E-state index in [0.29, 0.717) is 24.2 Å². The normalized spacial score (nSPS) is 26.5. The van der Waals surface area contributed by atoms with E-state index in [1.54, 1.807) is 25.1 Å². The minimum absolute atomic E-state index is 0.0441. The summed E-state index contributed by atoms with van der Waals surface area (Å²) in [6, 6.07) is 6.18. The van der Waals surface area contributed by atoms with Crippen LogP contribution in [0.5, 0.6) is 0 Å². The van der Waals surface area contributed by atoms with E-state index in [1.807, 2.05) is 13.0 Å². The molecule has 0 aromatic carbocycles. The third kappa shape index (κ3) is 3.19. The number of allylic oxidation sites excluding steroid dienone is 2. The van der Waals surface area contributed by atoms with Crippen molar-refractivity contribution in [1.29, 1.82) is 0 Å². The van der Waals surface area contributed by atoms with Gasteiger partial charge in [0.15, 0.2) is 0 Å². The van der Waals surface area contributed by atoms with Gasteiger partial charge in [0, 0.05) is 23.0 Å². The molecule has 2 aromatic heterocycles. The van der Waals surface area contributed by atoms with Crippen LogP contribution in [0.15, 0.2) is 80.3 Å². The zero-order valence-corrected chi connectivity index (χ0v) is 17.5. The van der Waals surface area contributed by atoms with Gasteiger partial charge in [0.05, 0.1) is 12.5 Å². The predicted molar refractivity (Wildman–Crippen MR) is 108 cm³/mol. The number of hydrogen-bond acceptors (Lipinski definition) is 8. The molecule has 0 bridgehead atoms. The first kappa shape index (κ1) is 20.1. The second-order valence-electron chi connectivity index (χ2n) is 8.22. The maximum absolute atomic E-state index is 12.8. The standard InChI is InChI=1S/C24H20O8/c1-13-15-12-24(2)14(11-19(15)31-21(13)25)7-8-16(30-22(26)17-5-3-9-28-17)20(24)32-23(27)18-6-4-10-29-18/h3-7,9-11,16,20H,8,12H2,1-2H3/t16-,20-,24-/m0/s1. The van der Waals surface area contributed by atoms with Gasteiger partial charge >= 0.3 is 17.9 Å². The molecule has 0 radical (unpaired) electrons. The Morgan fingerprint density at radius 2 is 1.72 bits per heavy atom. The van der Waals surface area contributed by atoms with E-state index in [-0.39, 0.29) is 17.5 Å². The number of furan rings is 2. The maximum atomic E-state index is 12.8. The van der Waals surface area contributed by atoms with Crippen LogP contribution >= 0.6 is 0 Å². The predicted octanol–water partition coefficient (Wildman–Crippen LogP) is 4.12. The fourth-order valence-corrected chi connectivity index (χ4v) is 4.47. The summed E-state index contributed by atoms with van der Waals surface area (Å²) in [6.45, 7) is 3.62. The van der Waals surface area contributed by atoms with Crippen LogP contribution in [-0.2, 0) is 19.0 Å². The van der Waals surface area contributed by atoms with Gasteiger partial charge < -0.3 is 23.0 Å². The first-order valence-electron chi connectivity index (χ1n) is 10.2. The van der Waals surface area contributed by atoms with Crippen LogP contribution in [0.25, 0.3) is 0 Å². The van der Waals surface area contributed by atoms with Crippen molar-refractivity contribution in [3.8, 4) is 0 Å². The first-order chi connectivity index (χ1) is 15.4. The monoisotopic (exact) mass is 436 g/mol. The summed E-state index contributed by atoms with van der Waals surface area (Å²) in [5, 5.41) is 0. The van der Waals surface area contributed by atoms with E-state index in [9.17, 15) is 14.4 Å². The molecular weight excluding hydrogens is 416 g/mol. The Bertz CT molecular complexity index is 1180. The molecule has 3 heterocycles. The third-order valence-corrected chi connectivity index (χ3v) is 6.22. The highest BCUT2D eigenvalue weighted by atomic mass is 16.6. The number of rotatable bonds is 4. The lowest BCUT2D eigenvalue weighted by Crippen LogP contribution is -2.50. The summed E-state index contributed by atoms with van der Waals surface area (Å²) < 4.78 is 27.3. The SMILES string of the molecule is CC1=C2C[C@@]3(C)C(=CC[C@H](OC(=O)c4ccco4)[C@@H]3OC(=O)c3ccco3)C=C2OC1=O. The van der Waals surface area contributed by atoms with E-state index in [0.717, 1.165) is 11.1 Å². The molecule has 2 aromatic rings. The van der Waals surface area contributed by atoms with Crippen molar-refractivity contribution in [2.45, 2.75) is 38.9 Å². The lowest BCUT2D eigenvalue weighted by molar-refractivity contribution is -0.133. The van der Waals surface area contributed by atoms with E-state index in [4.69, 9.17) is 23.0 Å². The van der Waals surface area contributed by atoms with E-state index in [2.05, 4.69) is 0 Å². The van der Waals surface area contributed by atoms with Crippen LogP contribution in [0.2, 0.25) is 0 Å². The average molecular weight is 436 g/mol. The second kappa shape index (κ2) is 7.40. The molecule has 5 rings (SSSR count). The number of hydrogen-bond donors (Lipinski definition) is 0. The zero-order valence-electron chi connectivity index (χ0n) is 17.5. The Labute approximate surface area is 183 Å². The van der Waals surface area contributed by atoms with E-state index in [1.165, 1.54) is 24.7 Å². The Morgan fingerprint density at radius 1 is 1.06 bits per heavy atom. The van der Waals surface area contributed by atoms with Crippen LogP contribution in [0.4, 0.5) is 0 Å². The molecule has 0 saturated carbocycles. The van der Waals surface area contributed by atoms with Crippen molar-refractivity contribution in [3.05, 3.63) is 82.9 Å². The van der Waals surface area contributed by atoms with Gasteiger partial charge in [-0.3, -0.25) is 0 Å². The Balaban J connectivity index is 1.52. The van der Waals surface area contributed by atoms with Gasteiger partial charge in [-0.15, -0.1) is 0 Å². The van der Waals surface area contributed by atoms with Gasteiger partial charge in [-0.2, -0.15) is 0 Å². The maximum Gasteiger partial charge on any atom is 0.374 e. The molecule has 1 aliphatic heterocycles. The quantitative estimate of drug-likeness (QED) is 0.521. The number of carbonyl (C=O) groups is 3. The minimum Gasteiger partial charge on any atom is -0.457 e. The first-order valence-corrected chi connectivity index (χ1v) is 10.2. The number of esters is 3. The molecule has 8 nitrogen and oxygen atoms in total. The Hall–Kier alpha value is -3.81. The lowest BCUT2D eigenvalue weighted by Gasteiger charge is -2.46. The number of carbonyl (C=O) groups excluding carboxylic acids is 3. The molecule has 32 heavy (non-hydrogen) atoms. The number of fused-ring (bicyclic) bond motifs is 2. The van der Waals surface area contributed by atoms with Crippen molar-refractivity contribution in [1.82, 2.24) is 0 Å². The molecular formula is C24H20O8.